The van der Waals surface area contributed by atoms with Gasteiger partial charge >= 0.3 is 6.18 Å². The highest BCUT2D eigenvalue weighted by Gasteiger charge is 2.32. The zero-order valence-corrected chi connectivity index (χ0v) is 11.9. The summed E-state index contributed by atoms with van der Waals surface area (Å²) in [6.45, 7) is 0.0439. The Bertz CT molecular complexity index is 678. The van der Waals surface area contributed by atoms with Gasteiger partial charge < -0.3 is 5.32 Å². The quantitative estimate of drug-likeness (QED) is 0.855. The number of aromatic nitrogens is 2. The molecule has 0 fully saturated rings. The first-order chi connectivity index (χ1) is 10.4. The lowest BCUT2D eigenvalue weighted by atomic mass is 10.3. The summed E-state index contributed by atoms with van der Waals surface area (Å²) in [6.07, 6.45) is -3.58. The van der Waals surface area contributed by atoms with Crippen molar-refractivity contribution in [3.8, 4) is 0 Å². The highest BCUT2D eigenvalue weighted by atomic mass is 32.2. The summed E-state index contributed by atoms with van der Waals surface area (Å²) in [4.78, 5) is 7.01. The van der Waals surface area contributed by atoms with Crippen molar-refractivity contribution in [3.63, 3.8) is 0 Å². The fourth-order valence-electron chi connectivity index (χ4n) is 1.60. The lowest BCUT2D eigenvalue weighted by Gasteiger charge is -2.08. The molecule has 0 amide bonds. The lowest BCUT2D eigenvalue weighted by Crippen LogP contribution is -2.15. The fourth-order valence-corrected chi connectivity index (χ4v) is 2.62. The van der Waals surface area contributed by atoms with Crippen LogP contribution in [0, 0.1) is 5.82 Å². The molecular weight excluding hydrogens is 322 g/mol. The minimum atomic E-state index is -4.56. The molecule has 0 spiro atoms. The maximum atomic E-state index is 13.4. The maximum Gasteiger partial charge on any atom is 0.433 e. The van der Waals surface area contributed by atoms with Gasteiger partial charge in [0, 0.05) is 18.5 Å². The van der Waals surface area contributed by atoms with Crippen molar-refractivity contribution in [1.82, 2.24) is 9.97 Å². The van der Waals surface area contributed by atoms with Crippen molar-refractivity contribution in [3.05, 3.63) is 48.0 Å². The molecule has 1 aromatic heterocycles. The van der Waals surface area contributed by atoms with Gasteiger partial charge in [-0.15, -0.1) is 0 Å². The molecule has 2 rings (SSSR count). The molecule has 9 heteroatoms. The van der Waals surface area contributed by atoms with Gasteiger partial charge in [-0.3, -0.25) is 4.21 Å². The van der Waals surface area contributed by atoms with Crippen molar-refractivity contribution >= 4 is 16.7 Å². The van der Waals surface area contributed by atoms with Crippen LogP contribution in [0.5, 0.6) is 0 Å². The van der Waals surface area contributed by atoms with E-state index in [1.807, 2.05) is 0 Å². The molecule has 0 saturated heterocycles. The number of alkyl halides is 3. The van der Waals surface area contributed by atoms with E-state index in [1.165, 1.54) is 18.2 Å². The molecule has 0 bridgehead atoms. The van der Waals surface area contributed by atoms with Crippen LogP contribution < -0.4 is 5.32 Å². The highest BCUT2D eigenvalue weighted by molar-refractivity contribution is 7.85. The van der Waals surface area contributed by atoms with Gasteiger partial charge in [-0.2, -0.15) is 13.2 Å². The van der Waals surface area contributed by atoms with Crippen LogP contribution in [-0.2, 0) is 17.0 Å². The van der Waals surface area contributed by atoms with Gasteiger partial charge in [0.05, 0.1) is 15.7 Å². The predicted molar refractivity (Wildman–Crippen MR) is 73.2 cm³/mol. The summed E-state index contributed by atoms with van der Waals surface area (Å²) >= 11 is 0. The van der Waals surface area contributed by atoms with Crippen molar-refractivity contribution in [2.24, 2.45) is 0 Å². The smallest absolute Gasteiger partial charge is 0.353 e. The second kappa shape index (κ2) is 6.82. The Morgan fingerprint density at radius 3 is 2.59 bits per heavy atom. The zero-order chi connectivity index (χ0) is 16.2. The van der Waals surface area contributed by atoms with Gasteiger partial charge in [0.15, 0.2) is 0 Å². The lowest BCUT2D eigenvalue weighted by molar-refractivity contribution is -0.141. The number of nitrogens with zero attached hydrogens (tertiary/aromatic N) is 2. The Labute approximate surface area is 126 Å². The first kappa shape index (κ1) is 16.3. The molecule has 0 radical (unpaired) electrons. The Morgan fingerprint density at radius 2 is 1.91 bits per heavy atom. The molecule has 2 aromatic rings. The number of hydrogen-bond donors (Lipinski definition) is 1. The molecule has 118 valence electrons. The van der Waals surface area contributed by atoms with Crippen LogP contribution in [0.1, 0.15) is 5.69 Å². The van der Waals surface area contributed by atoms with Crippen molar-refractivity contribution < 1.29 is 21.8 Å². The molecule has 1 atom stereocenters. The third-order valence-electron chi connectivity index (χ3n) is 2.60. The highest BCUT2D eigenvalue weighted by Crippen LogP contribution is 2.27. The Morgan fingerprint density at radius 1 is 1.18 bits per heavy atom. The first-order valence-corrected chi connectivity index (χ1v) is 7.47. The minimum Gasteiger partial charge on any atom is -0.353 e. The van der Waals surface area contributed by atoms with Gasteiger partial charge in [0.1, 0.15) is 11.5 Å². The molecule has 0 aliphatic rings. The molecular formula is C13H11F4N3OS. The molecule has 22 heavy (non-hydrogen) atoms. The monoisotopic (exact) mass is 333 g/mol. The third kappa shape index (κ3) is 4.23. The molecule has 1 N–H and O–H groups in total. The van der Waals surface area contributed by atoms with Gasteiger partial charge in [-0.25, -0.2) is 14.4 Å². The standard InChI is InChI=1S/C13H11F4N3OS/c14-9-3-1-2-4-10(9)22(21)8-7-19-12-18-6-5-11(20-12)13(15,16)17/h1-6H,7-8H2,(H,18,19,20)/t22-/m0/s1. The summed E-state index contributed by atoms with van der Waals surface area (Å²) in [5.41, 5.74) is -1.07. The van der Waals surface area contributed by atoms with Crippen molar-refractivity contribution in [2.75, 3.05) is 17.6 Å². The van der Waals surface area contributed by atoms with E-state index in [0.717, 1.165) is 12.3 Å². The summed E-state index contributed by atoms with van der Waals surface area (Å²) in [5.74, 6) is -0.794. The second-order valence-electron chi connectivity index (χ2n) is 4.17. The van der Waals surface area contributed by atoms with Gasteiger partial charge in [-0.05, 0) is 18.2 Å². The Balaban J connectivity index is 1.94. The number of halogens is 4. The third-order valence-corrected chi connectivity index (χ3v) is 4.00. The van der Waals surface area contributed by atoms with E-state index in [2.05, 4.69) is 15.3 Å². The van der Waals surface area contributed by atoms with E-state index in [9.17, 15) is 21.8 Å². The first-order valence-electron chi connectivity index (χ1n) is 6.15. The van der Waals surface area contributed by atoms with Crippen LogP contribution in [0.3, 0.4) is 0 Å². The largest absolute Gasteiger partial charge is 0.433 e. The fraction of sp³-hybridized carbons (Fsp3) is 0.231. The summed E-state index contributed by atoms with van der Waals surface area (Å²) in [5, 5.41) is 2.54. The summed E-state index contributed by atoms with van der Waals surface area (Å²) in [6, 6.07) is 6.37. The zero-order valence-electron chi connectivity index (χ0n) is 11.1. The molecule has 0 saturated carbocycles. The average Bonchev–Trinajstić information content (AvgIpc) is 2.47. The molecule has 0 aliphatic heterocycles. The van der Waals surface area contributed by atoms with Crippen LogP contribution in [0.4, 0.5) is 23.5 Å². The normalized spacial score (nSPS) is 12.9. The Kier molecular flexibility index (Phi) is 5.07. The summed E-state index contributed by atoms with van der Waals surface area (Å²) < 4.78 is 62.7. The van der Waals surface area contributed by atoms with E-state index in [1.54, 1.807) is 6.07 Å². The summed E-state index contributed by atoms with van der Waals surface area (Å²) in [7, 11) is -1.61. The number of nitrogens with one attached hydrogen (secondary N) is 1. The molecule has 4 nitrogen and oxygen atoms in total. The Hall–Kier alpha value is -2.03. The van der Waals surface area contributed by atoms with Gasteiger partial charge in [0.25, 0.3) is 0 Å². The molecule has 0 aliphatic carbocycles. The van der Waals surface area contributed by atoms with Crippen LogP contribution in [0.2, 0.25) is 0 Å². The van der Waals surface area contributed by atoms with Crippen molar-refractivity contribution in [1.29, 1.82) is 0 Å². The maximum absolute atomic E-state index is 13.4. The van der Waals surface area contributed by atoms with Crippen LogP contribution in [0.25, 0.3) is 0 Å². The van der Waals surface area contributed by atoms with E-state index in [4.69, 9.17) is 0 Å². The number of anilines is 1. The molecule has 0 unspecified atom stereocenters. The van der Waals surface area contributed by atoms with E-state index < -0.39 is 28.5 Å². The van der Waals surface area contributed by atoms with E-state index >= 15 is 0 Å². The van der Waals surface area contributed by atoms with Crippen LogP contribution in [0.15, 0.2) is 41.4 Å². The minimum absolute atomic E-state index is 0.0144. The number of benzene rings is 1. The topological polar surface area (TPSA) is 54.9 Å². The molecule has 1 aromatic carbocycles. The van der Waals surface area contributed by atoms with Gasteiger partial charge in [0.2, 0.25) is 5.95 Å². The van der Waals surface area contributed by atoms with Crippen LogP contribution in [-0.4, -0.2) is 26.5 Å². The average molecular weight is 333 g/mol. The second-order valence-corrected chi connectivity index (χ2v) is 5.71. The van der Waals surface area contributed by atoms with Gasteiger partial charge in [-0.1, -0.05) is 12.1 Å². The van der Waals surface area contributed by atoms with Crippen molar-refractivity contribution in [2.45, 2.75) is 11.1 Å². The van der Waals surface area contributed by atoms with E-state index in [0.29, 0.717) is 0 Å². The van der Waals surface area contributed by atoms with E-state index in [-0.39, 0.29) is 23.1 Å². The molecule has 1 heterocycles. The number of hydrogen-bond acceptors (Lipinski definition) is 4. The SMILES string of the molecule is O=[S@@](CCNc1nccc(C(F)(F)F)n1)c1ccccc1F. The predicted octanol–water partition coefficient (Wildman–Crippen LogP) is 2.85. The van der Waals surface area contributed by atoms with Crippen LogP contribution >= 0.6 is 0 Å². The number of rotatable bonds is 5.